The zero-order valence-corrected chi connectivity index (χ0v) is 29.0. The minimum absolute atomic E-state index is 0.111. The summed E-state index contributed by atoms with van der Waals surface area (Å²) in [7, 11) is 1.96. The van der Waals surface area contributed by atoms with Crippen molar-refractivity contribution in [3.05, 3.63) is 40.7 Å². The lowest BCUT2D eigenvalue weighted by atomic mass is 9.50. The molecule has 13 heteroatoms. The number of hydrogen-bond donors (Lipinski definition) is 1. The zero-order chi connectivity index (χ0) is 35.6. The first kappa shape index (κ1) is 35.3. The maximum Gasteiger partial charge on any atom is 0.352 e. The van der Waals surface area contributed by atoms with E-state index in [-0.39, 0.29) is 23.8 Å². The number of aliphatic hydroxyl groups is 1. The molecule has 13 nitrogen and oxygen atoms in total. The van der Waals surface area contributed by atoms with Crippen LogP contribution >= 0.6 is 0 Å². The van der Waals surface area contributed by atoms with Crippen LogP contribution in [0.15, 0.2) is 24.0 Å². The first-order valence-corrected chi connectivity index (χ1v) is 16.2. The molecule has 1 saturated heterocycles. The highest BCUT2D eigenvalue weighted by Gasteiger charge is 2.72. The molecule has 2 bridgehead atoms. The van der Waals surface area contributed by atoms with Gasteiger partial charge < -0.3 is 38.4 Å². The molecule has 0 aromatic heterocycles. The van der Waals surface area contributed by atoms with E-state index in [0.29, 0.717) is 25.1 Å². The average molecular weight is 672 g/mol. The molecule has 1 unspecified atom stereocenters. The van der Waals surface area contributed by atoms with E-state index in [2.05, 4.69) is 4.90 Å². The number of esters is 5. The number of carbonyl (C=O) groups excluding carboxylic acids is 5. The molecule has 262 valence electrons. The maximum absolute atomic E-state index is 13.4. The normalized spacial score (nSPS) is 26.9. The number of likely N-dealkylation sites (tertiary alicyclic amines) is 1. The zero-order valence-electron chi connectivity index (χ0n) is 29.0. The number of likely N-dealkylation sites (N-methyl/N-ethyl adjacent to an activating group) is 1. The second kappa shape index (κ2) is 12.2. The van der Waals surface area contributed by atoms with E-state index in [0.717, 1.165) is 18.1 Å². The van der Waals surface area contributed by atoms with Gasteiger partial charge >= 0.3 is 29.8 Å². The van der Waals surface area contributed by atoms with E-state index in [1.807, 2.05) is 13.1 Å². The lowest BCUT2D eigenvalue weighted by Crippen LogP contribution is -2.74. The Kier molecular flexibility index (Phi) is 8.96. The molecule has 48 heavy (non-hydrogen) atoms. The third-order valence-corrected chi connectivity index (χ3v) is 9.18. The van der Waals surface area contributed by atoms with Gasteiger partial charge in [0.05, 0.1) is 17.4 Å². The minimum atomic E-state index is -1.65. The van der Waals surface area contributed by atoms with Gasteiger partial charge in [0.15, 0.2) is 12.2 Å². The van der Waals surface area contributed by atoms with Gasteiger partial charge in [0.1, 0.15) is 28.3 Å². The number of nitrogens with zero attached hydrogens (tertiary/aromatic N) is 1. The van der Waals surface area contributed by atoms with Crippen molar-refractivity contribution in [2.45, 2.75) is 128 Å². The van der Waals surface area contributed by atoms with Gasteiger partial charge in [-0.05, 0) is 92.6 Å². The standard InChI is InChI=1S/C35H45NO12/c1-18(43-31(41)23(44-19(2)37)17-25(38)47-32(3,4)5)29(39)45-22-12-13-35(42)24-16-20-10-11-21(30(40)48-33(6,7)8)27-26(20)34(35,28(22)46-27)14-15-36(24)9/h10-12,18,23-24,28,42H,13-17H2,1-9H3/t18-,23-,24?,28-,34-,35+/m0/s1. The second-order valence-electron chi connectivity index (χ2n) is 15.0. The van der Waals surface area contributed by atoms with Gasteiger partial charge in [0.25, 0.3) is 0 Å². The molecular weight excluding hydrogens is 626 g/mol. The van der Waals surface area contributed by atoms with E-state index >= 15 is 0 Å². The highest BCUT2D eigenvalue weighted by Crippen LogP contribution is 2.64. The van der Waals surface area contributed by atoms with E-state index in [1.54, 1.807) is 53.7 Å². The molecule has 0 saturated carbocycles. The monoisotopic (exact) mass is 671 g/mol. The van der Waals surface area contributed by atoms with E-state index in [1.165, 1.54) is 6.92 Å². The largest absolute Gasteiger partial charge is 0.480 e. The van der Waals surface area contributed by atoms with Crippen LogP contribution in [0.4, 0.5) is 0 Å². The molecule has 1 fully saturated rings. The smallest absolute Gasteiger partial charge is 0.352 e. The predicted molar refractivity (Wildman–Crippen MR) is 168 cm³/mol. The van der Waals surface area contributed by atoms with Crippen LogP contribution in [0.1, 0.15) is 96.1 Å². The number of hydrogen-bond acceptors (Lipinski definition) is 13. The summed E-state index contributed by atoms with van der Waals surface area (Å²) in [6, 6.07) is 3.28. The van der Waals surface area contributed by atoms with Gasteiger partial charge in [-0.15, -0.1) is 0 Å². The highest BCUT2D eigenvalue weighted by molar-refractivity contribution is 5.94. The van der Waals surface area contributed by atoms with Crippen LogP contribution in [0, 0.1) is 0 Å². The van der Waals surface area contributed by atoms with Gasteiger partial charge in [0, 0.05) is 24.9 Å². The van der Waals surface area contributed by atoms with Crippen molar-refractivity contribution in [2.75, 3.05) is 13.6 Å². The summed E-state index contributed by atoms with van der Waals surface area (Å²) >= 11 is 0. The Hall–Kier alpha value is -3.97. The fraction of sp³-hybridized carbons (Fsp3) is 0.629. The van der Waals surface area contributed by atoms with E-state index < -0.39 is 76.8 Å². The van der Waals surface area contributed by atoms with Crippen molar-refractivity contribution in [2.24, 2.45) is 0 Å². The molecule has 2 aliphatic heterocycles. The molecular formula is C35H45NO12. The maximum atomic E-state index is 13.4. The van der Waals surface area contributed by atoms with Crippen LogP contribution in [-0.2, 0) is 54.7 Å². The Morgan fingerprint density at radius 3 is 2.31 bits per heavy atom. The van der Waals surface area contributed by atoms with Crippen LogP contribution in [0.5, 0.6) is 5.75 Å². The van der Waals surface area contributed by atoms with Gasteiger partial charge in [-0.2, -0.15) is 0 Å². The molecule has 1 spiro atoms. The van der Waals surface area contributed by atoms with Gasteiger partial charge in [0.2, 0.25) is 6.10 Å². The average Bonchev–Trinajstić information content (AvgIpc) is 3.29. The Morgan fingerprint density at radius 2 is 1.69 bits per heavy atom. The molecule has 1 aromatic rings. The van der Waals surface area contributed by atoms with Crippen molar-refractivity contribution in [1.82, 2.24) is 4.90 Å². The summed E-state index contributed by atoms with van der Waals surface area (Å²) in [4.78, 5) is 65.9. The topological polar surface area (TPSA) is 164 Å². The Morgan fingerprint density at radius 1 is 1.02 bits per heavy atom. The highest BCUT2D eigenvalue weighted by atomic mass is 16.6. The van der Waals surface area contributed by atoms with Gasteiger partial charge in [-0.1, -0.05) is 6.07 Å². The van der Waals surface area contributed by atoms with Crippen LogP contribution in [0.3, 0.4) is 0 Å². The van der Waals surface area contributed by atoms with E-state index in [9.17, 15) is 29.1 Å². The number of rotatable bonds is 8. The Balaban J connectivity index is 1.41. The second-order valence-corrected chi connectivity index (χ2v) is 15.0. The number of benzene rings is 1. The van der Waals surface area contributed by atoms with Gasteiger partial charge in [-0.25, -0.2) is 14.4 Å². The quantitative estimate of drug-likeness (QED) is 0.317. The molecule has 5 rings (SSSR count). The molecule has 6 atom stereocenters. The summed E-state index contributed by atoms with van der Waals surface area (Å²) in [6.07, 6.45) is -1.99. The van der Waals surface area contributed by atoms with Crippen LogP contribution in [-0.4, -0.2) is 94.6 Å². The first-order valence-electron chi connectivity index (χ1n) is 16.2. The number of ether oxygens (including phenoxy) is 6. The Labute approximate surface area is 279 Å². The van der Waals surface area contributed by atoms with Crippen molar-refractivity contribution >= 4 is 29.8 Å². The summed E-state index contributed by atoms with van der Waals surface area (Å²) in [5, 5.41) is 12.5. The molecule has 2 heterocycles. The number of piperidine rings is 1. The fourth-order valence-corrected chi connectivity index (χ4v) is 7.35. The number of carbonyl (C=O) groups is 5. The predicted octanol–water partition coefficient (Wildman–Crippen LogP) is 3.06. The molecule has 0 radical (unpaired) electrons. The third kappa shape index (κ3) is 6.29. The SMILES string of the molecule is CC(=O)O[C@@H](CC(=O)OC(C)(C)C)C(=O)O[C@@H](C)C(=O)OC1=CC[C@@]2(O)C3Cc4ccc(C(=O)OC(C)(C)C)c5c4[C@@]2(CCN3C)[C@H]1O5. The summed E-state index contributed by atoms with van der Waals surface area (Å²) in [5.74, 6) is -3.89. The van der Waals surface area contributed by atoms with Crippen LogP contribution < -0.4 is 4.74 Å². The summed E-state index contributed by atoms with van der Waals surface area (Å²) < 4.78 is 33.6. The van der Waals surface area contributed by atoms with E-state index in [4.69, 9.17) is 28.4 Å². The molecule has 0 amide bonds. The lowest BCUT2D eigenvalue weighted by molar-refractivity contribution is -0.182. The summed E-state index contributed by atoms with van der Waals surface area (Å²) in [5.41, 5.74) is -2.10. The summed E-state index contributed by atoms with van der Waals surface area (Å²) in [6.45, 7) is 13.2. The molecule has 4 aliphatic rings. The van der Waals surface area contributed by atoms with Crippen LogP contribution in [0.25, 0.3) is 0 Å². The fourth-order valence-electron chi connectivity index (χ4n) is 7.35. The molecule has 2 aliphatic carbocycles. The minimum Gasteiger partial charge on any atom is -0.480 e. The van der Waals surface area contributed by atoms with Crippen molar-refractivity contribution in [3.63, 3.8) is 0 Å². The third-order valence-electron chi connectivity index (χ3n) is 9.18. The van der Waals surface area contributed by atoms with Gasteiger partial charge in [-0.3, -0.25) is 9.59 Å². The van der Waals surface area contributed by atoms with Crippen LogP contribution in [0.2, 0.25) is 0 Å². The van der Waals surface area contributed by atoms with Crippen molar-refractivity contribution in [3.8, 4) is 5.75 Å². The molecule has 1 aromatic carbocycles. The first-order chi connectivity index (χ1) is 22.2. The Bertz CT molecular complexity index is 1570. The van der Waals surface area contributed by atoms with Crippen molar-refractivity contribution in [1.29, 1.82) is 0 Å². The molecule has 1 N–H and O–H groups in total. The van der Waals surface area contributed by atoms with Crippen molar-refractivity contribution < 1.29 is 57.5 Å². The lowest BCUT2D eigenvalue weighted by Gasteiger charge is -2.61.